The van der Waals surface area contributed by atoms with Crippen LogP contribution < -0.4 is 5.32 Å². The number of ketones is 1. The largest absolute Gasteiger partial charge is 0.481 e. The minimum atomic E-state index is -1.17. The van der Waals surface area contributed by atoms with E-state index in [1.54, 1.807) is 26.2 Å². The van der Waals surface area contributed by atoms with Gasteiger partial charge < -0.3 is 15.2 Å². The Labute approximate surface area is 299 Å². The minimum Gasteiger partial charge on any atom is -0.481 e. The number of carbonyl (C=O) groups excluding carboxylic acids is 3. The van der Waals surface area contributed by atoms with Crippen molar-refractivity contribution >= 4 is 23.6 Å². The van der Waals surface area contributed by atoms with E-state index < -0.39 is 22.9 Å². The van der Waals surface area contributed by atoms with E-state index in [1.165, 1.54) is 5.57 Å². The highest BCUT2D eigenvalue weighted by atomic mass is 16.5. The third kappa shape index (κ3) is 5.39. The van der Waals surface area contributed by atoms with Gasteiger partial charge in [-0.15, -0.1) is 0 Å². The number of carboxylic acids is 1. The van der Waals surface area contributed by atoms with Crippen molar-refractivity contribution in [3.8, 4) is 0 Å². The molecule has 0 bridgehead atoms. The molecular formula is C42H60N2O6. The number of carbonyl (C=O) groups is 4. The number of fused-ring (bicyclic) bond motifs is 7. The van der Waals surface area contributed by atoms with Crippen LogP contribution in [0.25, 0.3) is 0 Å². The number of aromatic nitrogens is 1. The first kappa shape index (κ1) is 36.8. The van der Waals surface area contributed by atoms with Crippen LogP contribution in [0, 0.1) is 57.7 Å². The van der Waals surface area contributed by atoms with Crippen molar-refractivity contribution in [2.75, 3.05) is 0 Å². The number of ether oxygens (including phenoxy) is 1. The molecule has 8 nitrogen and oxygen atoms in total. The van der Waals surface area contributed by atoms with Crippen LogP contribution in [0.4, 0.5) is 0 Å². The number of hydrogen-bond donors (Lipinski definition) is 2. The van der Waals surface area contributed by atoms with E-state index in [0.29, 0.717) is 23.8 Å². The normalized spacial score (nSPS) is 37.7. The maximum absolute atomic E-state index is 13.9. The summed E-state index contributed by atoms with van der Waals surface area (Å²) in [6, 6.07) is 1.87. The summed E-state index contributed by atoms with van der Waals surface area (Å²) in [4.78, 5) is 56.8. The number of hydrogen-bond acceptors (Lipinski definition) is 6. The Morgan fingerprint density at radius 1 is 0.960 bits per heavy atom. The number of carboxylic acid groups (broad SMARTS) is 1. The predicted octanol–water partition coefficient (Wildman–Crippen LogP) is 8.27. The van der Waals surface area contributed by atoms with Gasteiger partial charge in [0, 0.05) is 24.2 Å². The van der Waals surface area contributed by atoms with Gasteiger partial charge in [-0.25, -0.2) is 0 Å². The molecule has 8 atom stereocenters. The van der Waals surface area contributed by atoms with Gasteiger partial charge in [-0.05, 0) is 135 Å². The molecule has 6 rings (SSSR count). The second-order valence-electron chi connectivity index (χ2n) is 19.2. The van der Waals surface area contributed by atoms with Gasteiger partial charge in [0.2, 0.25) is 0 Å². The molecule has 8 unspecified atom stereocenters. The molecule has 2 N–H and O–H groups in total. The zero-order chi connectivity index (χ0) is 36.8. The number of allylic oxidation sites excluding steroid dienone is 1. The van der Waals surface area contributed by atoms with Gasteiger partial charge in [0.1, 0.15) is 6.10 Å². The molecule has 8 heteroatoms. The molecule has 4 fully saturated rings. The number of nitrogens with zero attached hydrogens (tertiary/aromatic N) is 1. The molecule has 1 amide bonds. The predicted molar refractivity (Wildman–Crippen MR) is 192 cm³/mol. The number of rotatable bonds is 7. The molecule has 0 saturated heterocycles. The van der Waals surface area contributed by atoms with Crippen LogP contribution >= 0.6 is 0 Å². The molecule has 1 aromatic rings. The number of aliphatic carboxylic acids is 1. The molecule has 5 aliphatic rings. The van der Waals surface area contributed by atoms with Gasteiger partial charge in [-0.3, -0.25) is 24.2 Å². The standard InChI is InChI=1S/C42H60N2O6/c1-24(2)33-28(45)20-42(44-35(47)26-19-25(3)22-43-23-26)18-17-40(9)27(34(33)42)11-12-30-39(8)15-14-31(50-32(46)21-37(4,5)36(48)49)38(6,7)29(39)13-16-41(30,40)10/h19,22-24,27,29-31H,11-18,20-21H2,1-10H3,(H,44,47)(H,48,49). The summed E-state index contributed by atoms with van der Waals surface area (Å²) in [7, 11) is 0. The first-order valence-electron chi connectivity index (χ1n) is 19.1. The average Bonchev–Trinajstić information content (AvgIpc) is 3.30. The average molecular weight is 689 g/mol. The Bertz CT molecular complexity index is 1640. The molecule has 0 aromatic carbocycles. The first-order chi connectivity index (χ1) is 23.1. The lowest BCUT2D eigenvalue weighted by atomic mass is 9.33. The van der Waals surface area contributed by atoms with E-state index in [1.807, 2.05) is 13.0 Å². The van der Waals surface area contributed by atoms with Crippen molar-refractivity contribution in [2.24, 2.45) is 50.7 Å². The fourth-order valence-electron chi connectivity index (χ4n) is 12.5. The zero-order valence-corrected chi connectivity index (χ0v) is 32.1. The summed E-state index contributed by atoms with van der Waals surface area (Å²) < 4.78 is 6.15. The van der Waals surface area contributed by atoms with Crippen molar-refractivity contribution in [3.63, 3.8) is 0 Å². The molecule has 4 saturated carbocycles. The Morgan fingerprint density at radius 2 is 1.66 bits per heavy atom. The van der Waals surface area contributed by atoms with Crippen LogP contribution in [-0.4, -0.2) is 45.4 Å². The Balaban J connectivity index is 1.30. The van der Waals surface area contributed by atoms with Crippen molar-refractivity contribution in [2.45, 2.75) is 145 Å². The molecule has 1 heterocycles. The van der Waals surface area contributed by atoms with Crippen molar-refractivity contribution in [3.05, 3.63) is 40.7 Å². The van der Waals surface area contributed by atoms with Crippen LogP contribution in [0.1, 0.15) is 142 Å². The molecule has 0 spiro atoms. The summed E-state index contributed by atoms with van der Waals surface area (Å²) in [6.45, 7) is 21.4. The number of amides is 1. The van der Waals surface area contributed by atoms with Gasteiger partial charge in [-0.2, -0.15) is 0 Å². The van der Waals surface area contributed by atoms with Gasteiger partial charge >= 0.3 is 11.9 Å². The van der Waals surface area contributed by atoms with Crippen LogP contribution in [0.15, 0.2) is 29.6 Å². The van der Waals surface area contributed by atoms with Crippen molar-refractivity contribution in [1.82, 2.24) is 10.3 Å². The number of esters is 1. The van der Waals surface area contributed by atoms with Crippen LogP contribution in [-0.2, 0) is 19.1 Å². The third-order valence-electron chi connectivity index (χ3n) is 15.3. The van der Waals surface area contributed by atoms with E-state index in [4.69, 9.17) is 4.74 Å². The maximum Gasteiger partial charge on any atom is 0.309 e. The minimum absolute atomic E-state index is 0.0314. The molecular weight excluding hydrogens is 628 g/mol. The maximum atomic E-state index is 13.9. The fraction of sp³-hybridized carbons (Fsp3) is 0.738. The molecule has 0 aliphatic heterocycles. The van der Waals surface area contributed by atoms with E-state index in [-0.39, 0.29) is 57.7 Å². The molecule has 0 radical (unpaired) electrons. The van der Waals surface area contributed by atoms with E-state index in [9.17, 15) is 24.3 Å². The second-order valence-corrected chi connectivity index (χ2v) is 19.2. The van der Waals surface area contributed by atoms with Crippen LogP contribution in [0.2, 0.25) is 0 Å². The molecule has 274 valence electrons. The quantitative estimate of drug-likeness (QED) is 0.277. The lowest BCUT2D eigenvalue weighted by molar-refractivity contribution is -0.232. The van der Waals surface area contributed by atoms with Gasteiger partial charge in [-0.1, -0.05) is 48.5 Å². The highest BCUT2D eigenvalue weighted by molar-refractivity contribution is 6.03. The Hall–Kier alpha value is -3.03. The SMILES string of the molecule is Cc1cncc(C(=O)NC23CCC4(C)C(CCC5C6(C)CCC(OC(=O)CC(C)(C)C(=O)O)C(C)(C)C6CCC54C)C2=C(C(C)C)C(=O)C3)c1. The van der Waals surface area contributed by atoms with Crippen LogP contribution in [0.3, 0.4) is 0 Å². The van der Waals surface area contributed by atoms with Gasteiger partial charge in [0.15, 0.2) is 5.78 Å². The van der Waals surface area contributed by atoms with Crippen molar-refractivity contribution in [1.29, 1.82) is 0 Å². The van der Waals surface area contributed by atoms with E-state index in [0.717, 1.165) is 62.5 Å². The summed E-state index contributed by atoms with van der Waals surface area (Å²) >= 11 is 0. The lowest BCUT2D eigenvalue weighted by Crippen LogP contribution is -2.67. The summed E-state index contributed by atoms with van der Waals surface area (Å²) in [5.74, 6) is -0.272. The van der Waals surface area contributed by atoms with E-state index in [2.05, 4.69) is 58.8 Å². The number of pyridine rings is 1. The van der Waals surface area contributed by atoms with Crippen molar-refractivity contribution < 1.29 is 29.0 Å². The lowest BCUT2D eigenvalue weighted by Gasteiger charge is -2.72. The second kappa shape index (κ2) is 12.0. The highest BCUT2D eigenvalue weighted by Gasteiger charge is 2.70. The van der Waals surface area contributed by atoms with Crippen LogP contribution in [0.5, 0.6) is 0 Å². The number of Topliss-reactive ketones (excluding diaryl/α,β-unsaturated/α-hetero) is 1. The number of nitrogens with one attached hydrogen (secondary N) is 1. The summed E-state index contributed by atoms with van der Waals surface area (Å²) in [5, 5.41) is 13.1. The topological polar surface area (TPSA) is 123 Å². The van der Waals surface area contributed by atoms with E-state index >= 15 is 0 Å². The summed E-state index contributed by atoms with van der Waals surface area (Å²) in [5.41, 5.74) is 1.58. The smallest absolute Gasteiger partial charge is 0.309 e. The Morgan fingerprint density at radius 3 is 2.30 bits per heavy atom. The first-order valence-corrected chi connectivity index (χ1v) is 19.1. The molecule has 50 heavy (non-hydrogen) atoms. The Kier molecular flexibility index (Phi) is 8.83. The molecule has 1 aromatic heterocycles. The van der Waals surface area contributed by atoms with Gasteiger partial charge in [0.05, 0.1) is 22.9 Å². The molecule has 5 aliphatic carbocycles. The highest BCUT2D eigenvalue weighted by Crippen LogP contribution is 2.76. The zero-order valence-electron chi connectivity index (χ0n) is 32.1. The summed E-state index contributed by atoms with van der Waals surface area (Å²) in [6.07, 6.45) is 10.9. The third-order valence-corrected chi connectivity index (χ3v) is 15.3. The fourth-order valence-corrected chi connectivity index (χ4v) is 12.5. The van der Waals surface area contributed by atoms with Gasteiger partial charge in [0.25, 0.3) is 5.91 Å². The monoisotopic (exact) mass is 688 g/mol. The number of aryl methyl sites for hydroxylation is 1.